The maximum Gasteiger partial charge on any atom is 0.421 e. The Balaban J connectivity index is 1.97. The van der Waals surface area contributed by atoms with Gasteiger partial charge in [0, 0.05) is 31.4 Å². The van der Waals surface area contributed by atoms with Gasteiger partial charge in [-0.05, 0) is 6.07 Å². The minimum Gasteiger partial charge on any atom is -0.489 e. The molecule has 3 rings (SSSR count). The number of nitrogens with zero attached hydrogens (tertiary/aromatic N) is 3. The number of anilines is 3. The molecule has 1 aliphatic heterocycles. The third-order valence-corrected chi connectivity index (χ3v) is 4.68. The number of benzene rings is 1. The van der Waals surface area contributed by atoms with Gasteiger partial charge in [-0.1, -0.05) is 0 Å². The molecule has 1 atom stereocenters. The van der Waals surface area contributed by atoms with E-state index in [1.54, 1.807) is 0 Å². The molecule has 1 aromatic heterocycles. The summed E-state index contributed by atoms with van der Waals surface area (Å²) in [5.41, 5.74) is -1.02. The first kappa shape index (κ1) is 23.4. The van der Waals surface area contributed by atoms with Crippen LogP contribution < -0.4 is 15.4 Å². The summed E-state index contributed by atoms with van der Waals surface area (Å²) in [6, 6.07) is 1.58. The van der Waals surface area contributed by atoms with E-state index in [4.69, 9.17) is 9.47 Å². The molecule has 0 aliphatic carbocycles. The third kappa shape index (κ3) is 5.15. The Hall–Kier alpha value is -3.22. The fourth-order valence-corrected chi connectivity index (χ4v) is 3.16. The van der Waals surface area contributed by atoms with Crippen molar-refractivity contribution in [3.05, 3.63) is 35.3 Å². The van der Waals surface area contributed by atoms with Crippen molar-refractivity contribution in [1.82, 2.24) is 14.9 Å². The number of nitrogens with one attached hydrogen (secondary N) is 2. The smallest absolute Gasteiger partial charge is 0.421 e. The molecule has 174 valence electrons. The lowest BCUT2D eigenvalue weighted by molar-refractivity contribution is -0.137. The van der Waals surface area contributed by atoms with Crippen molar-refractivity contribution < 1.29 is 36.2 Å². The van der Waals surface area contributed by atoms with E-state index in [-0.39, 0.29) is 42.7 Å². The topological polar surface area (TPSA) is 88.6 Å². The zero-order valence-electron chi connectivity index (χ0n) is 16.9. The predicted molar refractivity (Wildman–Crippen MR) is 104 cm³/mol. The number of ether oxygens (including phenoxy) is 2. The molecule has 1 unspecified atom stereocenters. The highest BCUT2D eigenvalue weighted by molar-refractivity contribution is 5.65. The van der Waals surface area contributed by atoms with E-state index >= 15 is 0 Å². The van der Waals surface area contributed by atoms with E-state index in [9.17, 15) is 26.7 Å². The first-order valence-electron chi connectivity index (χ1n) is 9.48. The molecule has 1 aromatic carbocycles. The number of alkyl halides is 4. The van der Waals surface area contributed by atoms with Crippen LogP contribution in [0.4, 0.5) is 39.4 Å². The van der Waals surface area contributed by atoms with Crippen LogP contribution in [0.2, 0.25) is 0 Å². The first-order chi connectivity index (χ1) is 15.3. The zero-order chi connectivity index (χ0) is 23.3. The molecule has 1 saturated heterocycles. The van der Waals surface area contributed by atoms with Crippen LogP contribution in [0.25, 0.3) is 0 Å². The van der Waals surface area contributed by atoms with Crippen LogP contribution in [-0.2, 0) is 15.7 Å². The van der Waals surface area contributed by atoms with E-state index in [0.717, 1.165) is 6.07 Å². The summed E-state index contributed by atoms with van der Waals surface area (Å²) in [5, 5.41) is 4.93. The normalized spacial score (nSPS) is 16.6. The molecule has 2 N–H and O–H groups in total. The summed E-state index contributed by atoms with van der Waals surface area (Å²) in [6.07, 6.45) is -3.52. The van der Waals surface area contributed by atoms with Crippen molar-refractivity contribution in [2.75, 3.05) is 50.7 Å². The van der Waals surface area contributed by atoms with Crippen molar-refractivity contribution in [2.45, 2.75) is 12.2 Å². The lowest BCUT2D eigenvalue weighted by Gasteiger charge is -2.33. The second-order valence-electron chi connectivity index (χ2n) is 6.67. The van der Waals surface area contributed by atoms with Crippen LogP contribution in [0.1, 0.15) is 17.2 Å². The maximum atomic E-state index is 14.9. The maximum absolute atomic E-state index is 14.9. The Kier molecular flexibility index (Phi) is 7.28. The van der Waals surface area contributed by atoms with Crippen LogP contribution in [0.15, 0.2) is 18.3 Å². The highest BCUT2D eigenvalue weighted by atomic mass is 19.4. The standard InChI is InChI=1S/C19H20F5N5O3/c1-25-17-12(19(22,23)24)8-26-18(28-17)27-14-7-13(21)11(6-16(14)32-4-2-20)15-9-31-5-3-29(15)10-30/h6-8,10,15H,2-5,9H2,1H3,(H2,25,26,27,28). The van der Waals surface area contributed by atoms with E-state index in [0.29, 0.717) is 19.2 Å². The lowest BCUT2D eigenvalue weighted by Crippen LogP contribution is -2.38. The Morgan fingerprint density at radius 3 is 2.81 bits per heavy atom. The van der Waals surface area contributed by atoms with Crippen LogP contribution in [0.5, 0.6) is 5.75 Å². The third-order valence-electron chi connectivity index (χ3n) is 4.68. The fourth-order valence-electron chi connectivity index (χ4n) is 3.16. The van der Waals surface area contributed by atoms with Crippen LogP contribution in [0, 0.1) is 5.82 Å². The van der Waals surface area contributed by atoms with Crippen molar-refractivity contribution in [3.8, 4) is 5.75 Å². The number of hydrogen-bond acceptors (Lipinski definition) is 7. The first-order valence-corrected chi connectivity index (χ1v) is 9.48. The van der Waals surface area contributed by atoms with Gasteiger partial charge in [-0.15, -0.1) is 0 Å². The fraction of sp³-hybridized carbons (Fsp3) is 0.421. The molecular formula is C19H20F5N5O3. The van der Waals surface area contributed by atoms with Crippen molar-refractivity contribution >= 4 is 23.9 Å². The van der Waals surface area contributed by atoms with E-state index in [2.05, 4.69) is 20.6 Å². The number of rotatable bonds is 8. The van der Waals surface area contributed by atoms with Gasteiger partial charge in [-0.3, -0.25) is 4.79 Å². The number of morpholine rings is 1. The van der Waals surface area contributed by atoms with E-state index in [1.165, 1.54) is 18.0 Å². The summed E-state index contributed by atoms with van der Waals surface area (Å²) < 4.78 is 77.5. The number of halogens is 5. The number of carbonyl (C=O) groups excluding carboxylic acids is 1. The Labute approximate surface area is 179 Å². The summed E-state index contributed by atoms with van der Waals surface area (Å²) in [5.74, 6) is -1.48. The van der Waals surface area contributed by atoms with Gasteiger partial charge in [-0.25, -0.2) is 13.8 Å². The number of hydrogen-bond donors (Lipinski definition) is 2. The number of carbonyl (C=O) groups is 1. The molecule has 1 amide bonds. The molecular weight excluding hydrogens is 441 g/mol. The average Bonchev–Trinajstić information content (AvgIpc) is 2.77. The molecule has 32 heavy (non-hydrogen) atoms. The molecule has 13 heteroatoms. The summed E-state index contributed by atoms with van der Waals surface area (Å²) in [6.45, 7) is -0.562. The van der Waals surface area contributed by atoms with Gasteiger partial charge in [0.15, 0.2) is 0 Å². The van der Waals surface area contributed by atoms with E-state index in [1.807, 2.05) is 0 Å². The monoisotopic (exact) mass is 461 g/mol. The van der Waals surface area contributed by atoms with Gasteiger partial charge in [0.25, 0.3) is 0 Å². The Morgan fingerprint density at radius 1 is 1.38 bits per heavy atom. The molecule has 2 heterocycles. The molecule has 0 bridgehead atoms. The molecule has 0 radical (unpaired) electrons. The minimum absolute atomic E-state index is 0.00461. The van der Waals surface area contributed by atoms with Crippen molar-refractivity contribution in [2.24, 2.45) is 0 Å². The summed E-state index contributed by atoms with van der Waals surface area (Å²) in [7, 11) is 1.26. The van der Waals surface area contributed by atoms with Crippen LogP contribution in [0.3, 0.4) is 0 Å². The largest absolute Gasteiger partial charge is 0.489 e. The highest BCUT2D eigenvalue weighted by Gasteiger charge is 2.35. The van der Waals surface area contributed by atoms with Crippen molar-refractivity contribution in [3.63, 3.8) is 0 Å². The van der Waals surface area contributed by atoms with Gasteiger partial charge in [0.05, 0.1) is 24.9 Å². The quantitative estimate of drug-likeness (QED) is 0.461. The second-order valence-corrected chi connectivity index (χ2v) is 6.67. The predicted octanol–water partition coefficient (Wildman–Crippen LogP) is 3.30. The molecule has 1 aliphatic rings. The Bertz CT molecular complexity index is 960. The lowest BCUT2D eigenvalue weighted by atomic mass is 10.0. The highest BCUT2D eigenvalue weighted by Crippen LogP contribution is 2.37. The second kappa shape index (κ2) is 9.94. The SMILES string of the molecule is CNc1nc(Nc2cc(F)c(C3COCCN3C=O)cc2OCCF)ncc1C(F)(F)F. The Morgan fingerprint density at radius 2 is 2.16 bits per heavy atom. The van der Waals surface area contributed by atoms with Crippen LogP contribution >= 0.6 is 0 Å². The number of aromatic nitrogens is 2. The molecule has 0 spiro atoms. The summed E-state index contributed by atoms with van der Waals surface area (Å²) >= 11 is 0. The van der Waals surface area contributed by atoms with Crippen molar-refractivity contribution in [1.29, 1.82) is 0 Å². The number of amides is 1. The van der Waals surface area contributed by atoms with Gasteiger partial charge >= 0.3 is 6.18 Å². The minimum atomic E-state index is -4.67. The molecule has 1 fully saturated rings. The molecule has 2 aromatic rings. The summed E-state index contributed by atoms with van der Waals surface area (Å²) in [4.78, 5) is 20.1. The van der Waals surface area contributed by atoms with E-state index < -0.39 is 36.1 Å². The van der Waals surface area contributed by atoms with Crippen LogP contribution in [-0.4, -0.2) is 61.4 Å². The molecule has 8 nitrogen and oxygen atoms in total. The van der Waals surface area contributed by atoms with Gasteiger partial charge in [-0.2, -0.15) is 18.2 Å². The average molecular weight is 461 g/mol. The molecule has 0 saturated carbocycles. The van der Waals surface area contributed by atoms with Gasteiger partial charge < -0.3 is 25.0 Å². The van der Waals surface area contributed by atoms with Gasteiger partial charge in [0.2, 0.25) is 12.4 Å². The van der Waals surface area contributed by atoms with Gasteiger partial charge in [0.1, 0.15) is 36.2 Å². The zero-order valence-corrected chi connectivity index (χ0v) is 16.9.